The number of para-hydroxylation sites is 2. The fraction of sp³-hybridized carbons (Fsp3) is 0. The molecule has 5 heterocycles. The van der Waals surface area contributed by atoms with Crippen LogP contribution in [0.15, 0.2) is 220 Å². The molecule has 0 bridgehead atoms. The molecule has 15 rings (SSSR count). The summed E-state index contributed by atoms with van der Waals surface area (Å²) < 4.78 is 19.5. The van der Waals surface area contributed by atoms with Crippen LogP contribution in [0.4, 0.5) is 34.5 Å². The minimum atomic E-state index is 0.385. The molecule has 69 heavy (non-hydrogen) atoms. The number of fused-ring (bicyclic) bond motifs is 13. The normalized spacial score (nSPS) is 12.1. The number of hydrogen-bond acceptors (Lipinski definition) is 9. The second-order valence-electron chi connectivity index (χ2n) is 17.6. The first-order valence-corrected chi connectivity index (χ1v) is 22.8. The SMILES string of the molecule is c1ccc2cc3cc(N(c4ccc5c(c4)oc4ccccc45)c4cc5oc6nc(N(c7ccc8cc9ccccc9cc8c7)c7ccc8c(c7)oc7ccccc78)ncc6c5nn4)ccc3cc2c1. The maximum Gasteiger partial charge on any atom is 0.237 e. The van der Waals surface area contributed by atoms with Crippen LogP contribution in [0.2, 0.25) is 0 Å². The molecule has 0 atom stereocenters. The van der Waals surface area contributed by atoms with Crippen LogP contribution in [0.1, 0.15) is 0 Å². The lowest BCUT2D eigenvalue weighted by Crippen LogP contribution is -2.13. The Morgan fingerprint density at radius 2 is 0.783 bits per heavy atom. The topological polar surface area (TPSA) is 97.5 Å². The Balaban J connectivity index is 0.887. The van der Waals surface area contributed by atoms with Gasteiger partial charge in [0.05, 0.1) is 16.8 Å². The molecule has 10 aromatic carbocycles. The summed E-state index contributed by atoms with van der Waals surface area (Å²) in [5.41, 5.74) is 8.15. The zero-order valence-electron chi connectivity index (χ0n) is 36.5. The zero-order chi connectivity index (χ0) is 45.2. The first-order valence-electron chi connectivity index (χ1n) is 22.8. The number of hydrogen-bond donors (Lipinski definition) is 0. The van der Waals surface area contributed by atoms with Gasteiger partial charge in [0.25, 0.3) is 0 Å². The highest BCUT2D eigenvalue weighted by atomic mass is 16.3. The maximum absolute atomic E-state index is 6.69. The summed E-state index contributed by atoms with van der Waals surface area (Å²) >= 11 is 0. The van der Waals surface area contributed by atoms with Crippen LogP contribution in [0.3, 0.4) is 0 Å². The van der Waals surface area contributed by atoms with E-state index >= 15 is 0 Å². The standard InChI is InChI=1S/C60H34N6O3/c1-3-11-37-27-41-29-43(19-17-39(41)25-35(37)9-1)65(45-21-23-49-47-13-5-7-15-52(47)67-54(49)31-45)57-33-56-58(64-63-57)51-34-61-60(62-59(51)69-56)66(46-22-24-50-48-14-6-8-16-53(48)68-55(50)32-46)44-20-18-40-26-36-10-2-4-12-38(36)28-42(40)30-44/h1-34H. The van der Waals surface area contributed by atoms with Gasteiger partial charge >= 0.3 is 0 Å². The van der Waals surface area contributed by atoms with E-state index in [1.165, 1.54) is 21.5 Å². The smallest absolute Gasteiger partial charge is 0.237 e. The average molecular weight is 887 g/mol. The Bertz CT molecular complexity index is 4320. The predicted molar refractivity (Wildman–Crippen MR) is 279 cm³/mol. The van der Waals surface area contributed by atoms with Crippen molar-refractivity contribution in [2.24, 2.45) is 0 Å². The van der Waals surface area contributed by atoms with E-state index in [1.807, 2.05) is 47.4 Å². The third-order valence-corrected chi connectivity index (χ3v) is 13.5. The number of aromatic nitrogens is 4. The lowest BCUT2D eigenvalue weighted by Gasteiger charge is -2.24. The first kappa shape index (κ1) is 37.6. The van der Waals surface area contributed by atoms with Crippen molar-refractivity contribution in [3.05, 3.63) is 206 Å². The zero-order valence-corrected chi connectivity index (χ0v) is 36.5. The van der Waals surface area contributed by atoms with Crippen molar-refractivity contribution in [1.29, 1.82) is 0 Å². The minimum absolute atomic E-state index is 0.385. The molecular formula is C60H34N6O3. The Hall–Kier alpha value is -9.60. The van der Waals surface area contributed by atoms with Gasteiger partial charge in [-0.05, 0) is 128 Å². The molecule has 0 aliphatic heterocycles. The van der Waals surface area contributed by atoms with Crippen LogP contribution in [0.5, 0.6) is 0 Å². The third-order valence-electron chi connectivity index (χ3n) is 13.5. The summed E-state index contributed by atoms with van der Waals surface area (Å²) in [6, 6.07) is 69.3. The number of furan rings is 3. The van der Waals surface area contributed by atoms with Gasteiger partial charge in [-0.25, -0.2) is 4.98 Å². The van der Waals surface area contributed by atoms with Gasteiger partial charge < -0.3 is 13.3 Å². The fourth-order valence-corrected chi connectivity index (χ4v) is 10.2. The number of rotatable bonds is 6. The van der Waals surface area contributed by atoms with Crippen molar-refractivity contribution in [3.63, 3.8) is 0 Å². The van der Waals surface area contributed by atoms with E-state index in [2.05, 4.69) is 163 Å². The lowest BCUT2D eigenvalue weighted by atomic mass is 10.0. The van der Waals surface area contributed by atoms with E-state index < -0.39 is 0 Å². The summed E-state index contributed by atoms with van der Waals surface area (Å²) in [6.45, 7) is 0. The van der Waals surface area contributed by atoms with Crippen LogP contribution in [0.25, 0.3) is 109 Å². The molecule has 15 aromatic rings. The molecule has 0 spiro atoms. The minimum Gasteiger partial charge on any atom is -0.456 e. The van der Waals surface area contributed by atoms with E-state index in [9.17, 15) is 0 Å². The van der Waals surface area contributed by atoms with E-state index in [1.54, 1.807) is 6.20 Å². The molecule has 0 saturated heterocycles. The molecule has 9 heteroatoms. The monoisotopic (exact) mass is 886 g/mol. The number of benzene rings is 10. The summed E-state index contributed by atoms with van der Waals surface area (Å²) in [6.07, 6.45) is 1.78. The molecule has 5 aromatic heterocycles. The lowest BCUT2D eigenvalue weighted by molar-refractivity contribution is 0.651. The Kier molecular flexibility index (Phi) is 7.87. The van der Waals surface area contributed by atoms with Gasteiger partial charge in [-0.1, -0.05) is 97.1 Å². The number of anilines is 6. The van der Waals surface area contributed by atoms with Crippen molar-refractivity contribution >= 4 is 144 Å². The van der Waals surface area contributed by atoms with Gasteiger partial charge in [0, 0.05) is 57.3 Å². The van der Waals surface area contributed by atoms with Crippen molar-refractivity contribution in [3.8, 4) is 0 Å². The average Bonchev–Trinajstić information content (AvgIpc) is 4.08. The van der Waals surface area contributed by atoms with E-state index in [0.717, 1.165) is 88.2 Å². The highest BCUT2D eigenvalue weighted by molar-refractivity contribution is 6.09. The number of nitrogens with zero attached hydrogens (tertiary/aromatic N) is 6. The Morgan fingerprint density at radius 3 is 1.38 bits per heavy atom. The molecule has 0 aliphatic carbocycles. The third kappa shape index (κ3) is 5.97. The second kappa shape index (κ2) is 14.4. The van der Waals surface area contributed by atoms with Crippen molar-refractivity contribution in [2.75, 3.05) is 9.80 Å². The van der Waals surface area contributed by atoms with Crippen molar-refractivity contribution in [1.82, 2.24) is 20.2 Å². The molecular weight excluding hydrogens is 853 g/mol. The molecule has 0 aliphatic rings. The molecule has 0 N–H and O–H groups in total. The molecule has 0 radical (unpaired) electrons. The fourth-order valence-electron chi connectivity index (χ4n) is 10.2. The van der Waals surface area contributed by atoms with Gasteiger partial charge in [0.1, 0.15) is 27.8 Å². The summed E-state index contributed by atoms with van der Waals surface area (Å²) in [4.78, 5) is 14.3. The van der Waals surface area contributed by atoms with Gasteiger partial charge in [-0.15, -0.1) is 10.2 Å². The summed E-state index contributed by atoms with van der Waals surface area (Å²) in [5.74, 6) is 0.990. The Labute approximate surface area is 391 Å². The van der Waals surface area contributed by atoms with E-state index in [-0.39, 0.29) is 0 Å². The quantitative estimate of drug-likeness (QED) is 0.151. The van der Waals surface area contributed by atoms with Crippen molar-refractivity contribution in [2.45, 2.75) is 0 Å². The largest absolute Gasteiger partial charge is 0.456 e. The first-order chi connectivity index (χ1) is 34.1. The van der Waals surface area contributed by atoms with Gasteiger partial charge in [-0.3, -0.25) is 9.80 Å². The predicted octanol–water partition coefficient (Wildman–Crippen LogP) is 16.5. The highest BCUT2D eigenvalue weighted by Gasteiger charge is 2.24. The summed E-state index contributed by atoms with van der Waals surface area (Å²) in [7, 11) is 0. The highest BCUT2D eigenvalue weighted by Crippen LogP contribution is 2.43. The van der Waals surface area contributed by atoms with Gasteiger partial charge in [0.2, 0.25) is 11.7 Å². The van der Waals surface area contributed by atoms with Gasteiger partial charge in [-0.2, -0.15) is 4.98 Å². The molecule has 0 amide bonds. The second-order valence-corrected chi connectivity index (χ2v) is 17.6. The molecule has 9 nitrogen and oxygen atoms in total. The molecule has 0 unspecified atom stereocenters. The molecule has 0 fully saturated rings. The van der Waals surface area contributed by atoms with Crippen LogP contribution in [-0.4, -0.2) is 20.2 Å². The van der Waals surface area contributed by atoms with Crippen LogP contribution in [0, 0.1) is 0 Å². The van der Waals surface area contributed by atoms with E-state index in [4.69, 9.17) is 33.4 Å². The van der Waals surface area contributed by atoms with Gasteiger partial charge in [0.15, 0.2) is 11.4 Å². The van der Waals surface area contributed by atoms with E-state index in [0.29, 0.717) is 34.0 Å². The molecule has 322 valence electrons. The van der Waals surface area contributed by atoms with Crippen LogP contribution >= 0.6 is 0 Å². The van der Waals surface area contributed by atoms with Crippen LogP contribution < -0.4 is 9.80 Å². The van der Waals surface area contributed by atoms with Crippen LogP contribution in [-0.2, 0) is 0 Å². The summed E-state index contributed by atoms with van der Waals surface area (Å²) in [5, 5.41) is 23.8. The maximum atomic E-state index is 6.69. The molecule has 0 saturated carbocycles. The van der Waals surface area contributed by atoms with Crippen molar-refractivity contribution < 1.29 is 13.3 Å². The Morgan fingerprint density at radius 1 is 0.319 bits per heavy atom.